The van der Waals surface area contributed by atoms with Crippen LogP contribution in [0.25, 0.3) is 11.0 Å². The summed E-state index contributed by atoms with van der Waals surface area (Å²) in [5.41, 5.74) is 8.10. The zero-order valence-electron chi connectivity index (χ0n) is 11.8. The van der Waals surface area contributed by atoms with E-state index >= 15 is 0 Å². The SMILES string of the molecule is CCOc1cccc2c1nc(N)n2CC1CCSCC1. The third kappa shape index (κ3) is 2.59. The lowest BCUT2D eigenvalue weighted by molar-refractivity contribution is 0.343. The molecule has 0 radical (unpaired) electrons. The highest BCUT2D eigenvalue weighted by molar-refractivity contribution is 7.99. The van der Waals surface area contributed by atoms with Gasteiger partial charge < -0.3 is 15.0 Å². The summed E-state index contributed by atoms with van der Waals surface area (Å²) in [4.78, 5) is 4.51. The van der Waals surface area contributed by atoms with E-state index in [1.165, 1.54) is 24.3 Å². The van der Waals surface area contributed by atoms with Crippen molar-refractivity contribution in [1.29, 1.82) is 0 Å². The monoisotopic (exact) mass is 291 g/mol. The maximum atomic E-state index is 6.13. The molecule has 108 valence electrons. The van der Waals surface area contributed by atoms with Gasteiger partial charge in [-0.05, 0) is 49.3 Å². The summed E-state index contributed by atoms with van der Waals surface area (Å²) in [5.74, 6) is 4.68. The average Bonchev–Trinajstić information content (AvgIpc) is 2.78. The van der Waals surface area contributed by atoms with Crippen LogP contribution in [0.4, 0.5) is 5.95 Å². The molecule has 0 atom stereocenters. The molecule has 4 nitrogen and oxygen atoms in total. The number of para-hydroxylation sites is 1. The molecule has 3 rings (SSSR count). The lowest BCUT2D eigenvalue weighted by atomic mass is 10.0. The minimum absolute atomic E-state index is 0.602. The number of hydrogen-bond donors (Lipinski definition) is 1. The van der Waals surface area contributed by atoms with Gasteiger partial charge in [0.1, 0.15) is 11.3 Å². The van der Waals surface area contributed by atoms with Gasteiger partial charge in [0.05, 0.1) is 12.1 Å². The Bertz CT molecular complexity index is 590. The molecule has 1 aliphatic heterocycles. The fraction of sp³-hybridized carbons (Fsp3) is 0.533. The van der Waals surface area contributed by atoms with Crippen molar-refractivity contribution in [3.05, 3.63) is 18.2 Å². The second kappa shape index (κ2) is 5.95. The highest BCUT2D eigenvalue weighted by atomic mass is 32.2. The van der Waals surface area contributed by atoms with E-state index in [-0.39, 0.29) is 0 Å². The summed E-state index contributed by atoms with van der Waals surface area (Å²) in [6.45, 7) is 3.60. The molecule has 1 saturated heterocycles. The summed E-state index contributed by atoms with van der Waals surface area (Å²) in [5, 5.41) is 0. The smallest absolute Gasteiger partial charge is 0.201 e. The Hall–Kier alpha value is -1.36. The van der Waals surface area contributed by atoms with Crippen LogP contribution in [-0.2, 0) is 6.54 Å². The quantitative estimate of drug-likeness (QED) is 0.940. The molecular formula is C15H21N3OS. The normalized spacial score (nSPS) is 16.6. The third-order valence-corrected chi connectivity index (χ3v) is 4.90. The first-order chi connectivity index (χ1) is 9.79. The minimum atomic E-state index is 0.602. The molecule has 2 aromatic rings. The topological polar surface area (TPSA) is 53.1 Å². The number of benzene rings is 1. The maximum Gasteiger partial charge on any atom is 0.201 e. The number of rotatable bonds is 4. The Labute approximate surface area is 123 Å². The number of nitrogens with zero attached hydrogens (tertiary/aromatic N) is 2. The Morgan fingerprint density at radius 3 is 2.95 bits per heavy atom. The van der Waals surface area contributed by atoms with Crippen LogP contribution in [0.5, 0.6) is 5.75 Å². The zero-order chi connectivity index (χ0) is 13.9. The predicted octanol–water partition coefficient (Wildman–Crippen LogP) is 3.16. The van der Waals surface area contributed by atoms with E-state index in [2.05, 4.69) is 27.4 Å². The summed E-state index contributed by atoms with van der Waals surface area (Å²) < 4.78 is 7.79. The first kappa shape index (κ1) is 13.6. The van der Waals surface area contributed by atoms with E-state index in [1.54, 1.807) is 0 Å². The van der Waals surface area contributed by atoms with Crippen molar-refractivity contribution < 1.29 is 4.74 Å². The van der Waals surface area contributed by atoms with Gasteiger partial charge in [-0.25, -0.2) is 4.98 Å². The molecule has 0 unspecified atom stereocenters. The number of thioether (sulfide) groups is 1. The lowest BCUT2D eigenvalue weighted by Gasteiger charge is -2.22. The van der Waals surface area contributed by atoms with Crippen molar-refractivity contribution in [2.45, 2.75) is 26.3 Å². The number of imidazole rings is 1. The van der Waals surface area contributed by atoms with Gasteiger partial charge >= 0.3 is 0 Å². The number of fused-ring (bicyclic) bond motifs is 1. The first-order valence-corrected chi connectivity index (χ1v) is 8.40. The molecule has 0 bridgehead atoms. The van der Waals surface area contributed by atoms with Gasteiger partial charge in [0.25, 0.3) is 0 Å². The van der Waals surface area contributed by atoms with Gasteiger partial charge in [-0.2, -0.15) is 11.8 Å². The van der Waals surface area contributed by atoms with E-state index in [4.69, 9.17) is 10.5 Å². The van der Waals surface area contributed by atoms with Gasteiger partial charge in [-0.3, -0.25) is 0 Å². The van der Waals surface area contributed by atoms with E-state index in [0.29, 0.717) is 18.5 Å². The van der Waals surface area contributed by atoms with Gasteiger partial charge in [0, 0.05) is 6.54 Å². The fourth-order valence-electron chi connectivity index (χ4n) is 2.79. The predicted molar refractivity (Wildman–Crippen MR) is 85.4 cm³/mol. The number of aromatic nitrogens is 2. The Balaban J connectivity index is 1.93. The summed E-state index contributed by atoms with van der Waals surface area (Å²) in [7, 11) is 0. The fourth-order valence-corrected chi connectivity index (χ4v) is 3.99. The number of nitrogens with two attached hydrogens (primary N) is 1. The van der Waals surface area contributed by atoms with Crippen molar-refractivity contribution in [2.75, 3.05) is 23.8 Å². The molecule has 20 heavy (non-hydrogen) atoms. The van der Waals surface area contributed by atoms with Crippen LogP contribution in [0.3, 0.4) is 0 Å². The molecule has 2 N–H and O–H groups in total. The summed E-state index contributed by atoms with van der Waals surface area (Å²) in [6.07, 6.45) is 2.55. The molecule has 0 amide bonds. The Morgan fingerprint density at radius 1 is 1.40 bits per heavy atom. The van der Waals surface area contributed by atoms with Crippen molar-refractivity contribution in [3.63, 3.8) is 0 Å². The number of nitrogen functional groups attached to an aromatic ring is 1. The summed E-state index contributed by atoms with van der Waals surface area (Å²) in [6, 6.07) is 6.06. The van der Waals surface area contributed by atoms with Crippen LogP contribution in [0.15, 0.2) is 18.2 Å². The molecule has 1 fully saturated rings. The van der Waals surface area contributed by atoms with Gasteiger partial charge in [0.15, 0.2) is 0 Å². The van der Waals surface area contributed by atoms with Crippen LogP contribution in [0.1, 0.15) is 19.8 Å². The van der Waals surface area contributed by atoms with E-state index in [9.17, 15) is 0 Å². The van der Waals surface area contributed by atoms with Crippen molar-refractivity contribution in [1.82, 2.24) is 9.55 Å². The molecule has 0 spiro atoms. The van der Waals surface area contributed by atoms with Crippen LogP contribution in [0.2, 0.25) is 0 Å². The second-order valence-electron chi connectivity index (χ2n) is 5.19. The van der Waals surface area contributed by atoms with Gasteiger partial charge in [0.2, 0.25) is 5.95 Å². The van der Waals surface area contributed by atoms with Crippen molar-refractivity contribution >= 4 is 28.7 Å². The molecule has 1 aromatic carbocycles. The molecule has 5 heteroatoms. The molecule has 1 aromatic heterocycles. The largest absolute Gasteiger partial charge is 0.492 e. The van der Waals surface area contributed by atoms with Crippen LogP contribution in [0, 0.1) is 5.92 Å². The molecule has 0 saturated carbocycles. The summed E-state index contributed by atoms with van der Waals surface area (Å²) >= 11 is 2.05. The van der Waals surface area contributed by atoms with Gasteiger partial charge in [-0.1, -0.05) is 6.07 Å². The lowest BCUT2D eigenvalue weighted by Crippen LogP contribution is -2.17. The Morgan fingerprint density at radius 2 is 2.20 bits per heavy atom. The van der Waals surface area contributed by atoms with Crippen LogP contribution < -0.4 is 10.5 Å². The first-order valence-electron chi connectivity index (χ1n) is 7.25. The molecule has 1 aliphatic rings. The third-order valence-electron chi connectivity index (χ3n) is 3.85. The Kier molecular flexibility index (Phi) is 4.05. The molecular weight excluding hydrogens is 270 g/mol. The number of hydrogen-bond acceptors (Lipinski definition) is 4. The standard InChI is InChI=1S/C15H21N3OS/c1-2-19-13-5-3-4-12-14(13)17-15(16)18(12)10-11-6-8-20-9-7-11/h3-5,11H,2,6-10H2,1H3,(H2,16,17). The average molecular weight is 291 g/mol. The maximum absolute atomic E-state index is 6.13. The van der Waals surface area contributed by atoms with Crippen LogP contribution >= 0.6 is 11.8 Å². The van der Waals surface area contributed by atoms with Gasteiger partial charge in [-0.15, -0.1) is 0 Å². The van der Waals surface area contributed by atoms with Crippen molar-refractivity contribution in [3.8, 4) is 5.75 Å². The minimum Gasteiger partial charge on any atom is -0.492 e. The molecule has 2 heterocycles. The second-order valence-corrected chi connectivity index (χ2v) is 6.42. The van der Waals surface area contributed by atoms with E-state index in [0.717, 1.165) is 23.3 Å². The molecule has 0 aliphatic carbocycles. The zero-order valence-corrected chi connectivity index (χ0v) is 12.7. The van der Waals surface area contributed by atoms with E-state index in [1.807, 2.05) is 19.1 Å². The number of anilines is 1. The van der Waals surface area contributed by atoms with Crippen molar-refractivity contribution in [2.24, 2.45) is 5.92 Å². The number of ether oxygens (including phenoxy) is 1. The highest BCUT2D eigenvalue weighted by Crippen LogP contribution is 2.30. The highest BCUT2D eigenvalue weighted by Gasteiger charge is 2.18. The van der Waals surface area contributed by atoms with Crippen LogP contribution in [-0.4, -0.2) is 27.7 Å². The van der Waals surface area contributed by atoms with E-state index < -0.39 is 0 Å².